The van der Waals surface area contributed by atoms with Gasteiger partial charge in [0.05, 0.1) is 12.1 Å². The summed E-state index contributed by atoms with van der Waals surface area (Å²) < 4.78 is 6.92. The monoisotopic (exact) mass is 335 g/mol. The molecule has 0 aromatic carbocycles. The van der Waals surface area contributed by atoms with Crippen molar-refractivity contribution in [3.05, 3.63) is 23.9 Å². The molecular formula is C15H25N7O2. The number of hydrogen-bond acceptors (Lipinski definition) is 6. The Bertz CT molecular complexity index is 669. The molecule has 132 valence electrons. The van der Waals surface area contributed by atoms with Gasteiger partial charge in [-0.15, -0.1) is 0 Å². The second-order valence-corrected chi connectivity index (χ2v) is 6.82. The number of urea groups is 1. The average Bonchev–Trinajstić information content (AvgIpc) is 3.13. The molecule has 2 amide bonds. The van der Waals surface area contributed by atoms with Gasteiger partial charge in [-0.1, -0.05) is 19.0 Å². The van der Waals surface area contributed by atoms with Crippen molar-refractivity contribution in [2.24, 2.45) is 0 Å². The van der Waals surface area contributed by atoms with Gasteiger partial charge in [-0.25, -0.2) is 14.5 Å². The highest BCUT2D eigenvalue weighted by Gasteiger charge is 2.18. The van der Waals surface area contributed by atoms with Crippen LogP contribution >= 0.6 is 0 Å². The second kappa shape index (κ2) is 7.41. The number of hydrogen-bond donors (Lipinski definition) is 2. The van der Waals surface area contributed by atoms with Crippen molar-refractivity contribution >= 4 is 6.03 Å². The molecule has 0 radical (unpaired) electrons. The van der Waals surface area contributed by atoms with Crippen molar-refractivity contribution in [2.45, 2.75) is 59.0 Å². The van der Waals surface area contributed by atoms with E-state index < -0.39 is 0 Å². The maximum atomic E-state index is 11.9. The normalized spacial score (nSPS) is 11.8. The van der Waals surface area contributed by atoms with Crippen molar-refractivity contribution in [3.63, 3.8) is 0 Å². The van der Waals surface area contributed by atoms with Crippen LogP contribution in [0.4, 0.5) is 4.79 Å². The first-order valence-electron chi connectivity index (χ1n) is 8.01. The van der Waals surface area contributed by atoms with Gasteiger partial charge in [0.1, 0.15) is 12.2 Å². The summed E-state index contributed by atoms with van der Waals surface area (Å²) in [6, 6.07) is -0.276. The number of rotatable bonds is 6. The van der Waals surface area contributed by atoms with Gasteiger partial charge in [0.25, 0.3) is 0 Å². The summed E-state index contributed by atoms with van der Waals surface area (Å²) in [5.41, 5.74) is -0.184. The molecule has 0 atom stereocenters. The van der Waals surface area contributed by atoms with Gasteiger partial charge in [0.15, 0.2) is 5.82 Å². The molecule has 2 heterocycles. The van der Waals surface area contributed by atoms with Crippen LogP contribution < -0.4 is 10.6 Å². The summed E-state index contributed by atoms with van der Waals surface area (Å²) in [6.45, 7) is 10.8. The van der Waals surface area contributed by atoms with Gasteiger partial charge >= 0.3 is 6.03 Å². The SMILES string of the molecule is CC(C)c1noc(CCNC(=O)NCc2ncnn2C(C)(C)C)n1. The first-order valence-corrected chi connectivity index (χ1v) is 8.01. The minimum atomic E-state index is -0.276. The van der Waals surface area contributed by atoms with Gasteiger partial charge in [-0.05, 0) is 20.8 Å². The molecule has 0 aliphatic heterocycles. The molecule has 2 N–H and O–H groups in total. The van der Waals surface area contributed by atoms with Gasteiger partial charge in [-0.3, -0.25) is 0 Å². The summed E-state index contributed by atoms with van der Waals surface area (Å²) >= 11 is 0. The van der Waals surface area contributed by atoms with Crippen molar-refractivity contribution in [3.8, 4) is 0 Å². The Morgan fingerprint density at radius 3 is 2.71 bits per heavy atom. The third-order valence-corrected chi connectivity index (χ3v) is 3.29. The zero-order chi connectivity index (χ0) is 17.7. The number of aromatic nitrogens is 5. The van der Waals surface area contributed by atoms with Crippen LogP contribution in [0.2, 0.25) is 0 Å². The fourth-order valence-corrected chi connectivity index (χ4v) is 2.06. The second-order valence-electron chi connectivity index (χ2n) is 6.82. The van der Waals surface area contributed by atoms with E-state index in [1.165, 1.54) is 6.33 Å². The Balaban J connectivity index is 1.75. The Hall–Kier alpha value is -2.45. The zero-order valence-electron chi connectivity index (χ0n) is 14.8. The molecule has 0 fully saturated rings. The molecular weight excluding hydrogens is 310 g/mol. The highest BCUT2D eigenvalue weighted by atomic mass is 16.5. The molecule has 2 aromatic rings. The van der Waals surface area contributed by atoms with Crippen LogP contribution in [0.5, 0.6) is 0 Å². The smallest absolute Gasteiger partial charge is 0.315 e. The van der Waals surface area contributed by atoms with Gasteiger partial charge in [0, 0.05) is 18.9 Å². The number of carbonyl (C=O) groups excluding carboxylic acids is 1. The number of amides is 2. The summed E-state index contributed by atoms with van der Waals surface area (Å²) in [4.78, 5) is 20.3. The summed E-state index contributed by atoms with van der Waals surface area (Å²) in [5.74, 6) is 2.12. The molecule has 2 aromatic heterocycles. The average molecular weight is 335 g/mol. The van der Waals surface area contributed by atoms with E-state index in [-0.39, 0.29) is 17.5 Å². The maximum absolute atomic E-state index is 11.9. The molecule has 9 nitrogen and oxygen atoms in total. The lowest BCUT2D eigenvalue weighted by Gasteiger charge is -2.21. The van der Waals surface area contributed by atoms with Crippen molar-refractivity contribution in [1.29, 1.82) is 0 Å². The van der Waals surface area contributed by atoms with Gasteiger partial charge in [0.2, 0.25) is 5.89 Å². The molecule has 0 aliphatic carbocycles. The summed E-state index contributed by atoms with van der Waals surface area (Å²) in [7, 11) is 0. The van der Waals surface area contributed by atoms with E-state index >= 15 is 0 Å². The van der Waals surface area contributed by atoms with Crippen LogP contribution in [0.3, 0.4) is 0 Å². The largest absolute Gasteiger partial charge is 0.339 e. The van der Waals surface area contributed by atoms with E-state index in [0.717, 1.165) is 0 Å². The molecule has 0 unspecified atom stereocenters. The van der Waals surface area contributed by atoms with Crippen LogP contribution in [0.1, 0.15) is 58.1 Å². The van der Waals surface area contributed by atoms with E-state index in [9.17, 15) is 4.79 Å². The molecule has 0 saturated heterocycles. The molecule has 0 bridgehead atoms. The van der Waals surface area contributed by atoms with E-state index in [4.69, 9.17) is 4.52 Å². The fraction of sp³-hybridized carbons (Fsp3) is 0.667. The third-order valence-electron chi connectivity index (χ3n) is 3.29. The lowest BCUT2D eigenvalue weighted by molar-refractivity contribution is 0.239. The first-order chi connectivity index (χ1) is 11.3. The third kappa shape index (κ3) is 4.77. The quantitative estimate of drug-likeness (QED) is 0.829. The van der Waals surface area contributed by atoms with E-state index in [2.05, 4.69) is 30.9 Å². The minimum Gasteiger partial charge on any atom is -0.339 e. The lowest BCUT2D eigenvalue weighted by atomic mass is 10.1. The van der Waals surface area contributed by atoms with Crippen molar-refractivity contribution < 1.29 is 9.32 Å². The molecule has 0 saturated carbocycles. The van der Waals surface area contributed by atoms with E-state index in [1.807, 2.05) is 34.6 Å². The highest BCUT2D eigenvalue weighted by molar-refractivity contribution is 5.73. The highest BCUT2D eigenvalue weighted by Crippen LogP contribution is 2.13. The van der Waals surface area contributed by atoms with Crippen LogP contribution in [0.25, 0.3) is 0 Å². The minimum absolute atomic E-state index is 0.184. The topological polar surface area (TPSA) is 111 Å². The Morgan fingerprint density at radius 1 is 1.33 bits per heavy atom. The summed E-state index contributed by atoms with van der Waals surface area (Å²) in [6.07, 6.45) is 1.98. The van der Waals surface area contributed by atoms with Crippen LogP contribution in [0, 0.1) is 0 Å². The molecule has 24 heavy (non-hydrogen) atoms. The maximum Gasteiger partial charge on any atom is 0.315 e. The Kier molecular flexibility index (Phi) is 5.53. The standard InChI is InChI=1S/C15H25N7O2/c1-10(2)13-20-12(24-21-13)6-7-16-14(23)17-8-11-18-9-19-22(11)15(3,4)5/h9-10H,6-8H2,1-5H3,(H2,16,17,23). The van der Waals surface area contributed by atoms with Crippen molar-refractivity contribution in [2.75, 3.05) is 6.54 Å². The molecule has 2 rings (SSSR count). The fourth-order valence-electron chi connectivity index (χ4n) is 2.06. The van der Waals surface area contributed by atoms with Gasteiger partial charge in [-0.2, -0.15) is 10.1 Å². The van der Waals surface area contributed by atoms with Crippen molar-refractivity contribution in [1.82, 2.24) is 35.5 Å². The number of nitrogens with one attached hydrogen (secondary N) is 2. The van der Waals surface area contributed by atoms with Gasteiger partial charge < -0.3 is 15.2 Å². The Labute approximate surface area is 141 Å². The molecule has 0 spiro atoms. The Morgan fingerprint density at radius 2 is 2.08 bits per heavy atom. The molecule has 9 heteroatoms. The summed E-state index contributed by atoms with van der Waals surface area (Å²) in [5, 5.41) is 13.6. The molecule has 0 aliphatic rings. The van der Waals surface area contributed by atoms with Crippen LogP contribution in [-0.4, -0.2) is 37.5 Å². The predicted octanol–water partition coefficient (Wildman–Crippen LogP) is 1.58. The van der Waals surface area contributed by atoms with Crippen LogP contribution in [-0.2, 0) is 18.5 Å². The number of carbonyl (C=O) groups is 1. The zero-order valence-corrected chi connectivity index (χ0v) is 14.8. The van der Waals surface area contributed by atoms with Crippen LogP contribution in [0.15, 0.2) is 10.9 Å². The van der Waals surface area contributed by atoms with E-state index in [1.54, 1.807) is 4.68 Å². The number of nitrogens with zero attached hydrogens (tertiary/aromatic N) is 5. The predicted molar refractivity (Wildman–Crippen MR) is 87.3 cm³/mol. The first kappa shape index (κ1) is 17.9. The van der Waals surface area contributed by atoms with E-state index in [0.29, 0.717) is 37.0 Å². The lowest BCUT2D eigenvalue weighted by Crippen LogP contribution is -2.37.